The molecule has 0 saturated heterocycles. The maximum Gasteiger partial charge on any atom is -0.00994 e. The second-order valence-corrected chi connectivity index (χ2v) is 2.37. The van der Waals surface area contributed by atoms with Crippen LogP contribution in [0.3, 0.4) is 0 Å². The van der Waals surface area contributed by atoms with Crippen LogP contribution in [0.5, 0.6) is 0 Å². The zero-order chi connectivity index (χ0) is 6.41. The first-order valence-corrected chi connectivity index (χ1v) is 3.04. The van der Waals surface area contributed by atoms with E-state index >= 15 is 0 Å². The topological polar surface area (TPSA) is 26.0 Å². The van der Waals surface area contributed by atoms with E-state index in [4.69, 9.17) is 18.0 Å². The molecule has 0 aliphatic heterocycles. The molecule has 46 valence electrons. The SMILES string of the molecule is CC(=S)CC/C=C\N. The van der Waals surface area contributed by atoms with E-state index in [1.807, 2.05) is 13.0 Å². The van der Waals surface area contributed by atoms with Gasteiger partial charge < -0.3 is 5.73 Å². The second-order valence-electron chi connectivity index (χ2n) is 1.67. The minimum atomic E-state index is 0.975. The molecule has 0 saturated carbocycles. The first-order valence-electron chi connectivity index (χ1n) is 2.63. The normalized spacial score (nSPS) is 10.1. The van der Waals surface area contributed by atoms with Crippen molar-refractivity contribution in [1.29, 1.82) is 0 Å². The summed E-state index contributed by atoms with van der Waals surface area (Å²) in [5, 5.41) is 0. The third-order valence-corrected chi connectivity index (χ3v) is 1.00. The molecule has 0 aromatic rings. The van der Waals surface area contributed by atoms with Crippen LogP contribution in [0, 0.1) is 0 Å². The molecule has 0 aliphatic carbocycles. The smallest absolute Gasteiger partial charge is 0.00994 e. The minimum absolute atomic E-state index is 0.975. The highest BCUT2D eigenvalue weighted by Gasteiger charge is 1.82. The lowest BCUT2D eigenvalue weighted by Gasteiger charge is -1.87. The standard InChI is InChI=1S/C6H11NS/c1-6(8)4-2-3-5-7/h3,5H,2,4,7H2,1H3/b5-3-. The molecule has 0 bridgehead atoms. The highest BCUT2D eigenvalue weighted by Crippen LogP contribution is 1.91. The van der Waals surface area contributed by atoms with Gasteiger partial charge in [0.15, 0.2) is 0 Å². The van der Waals surface area contributed by atoms with Crippen LogP contribution in [-0.4, -0.2) is 4.86 Å². The van der Waals surface area contributed by atoms with Crippen molar-refractivity contribution in [2.75, 3.05) is 0 Å². The maximum atomic E-state index is 5.09. The van der Waals surface area contributed by atoms with Gasteiger partial charge in [0.25, 0.3) is 0 Å². The fourth-order valence-electron chi connectivity index (χ4n) is 0.383. The van der Waals surface area contributed by atoms with Crippen molar-refractivity contribution in [3.63, 3.8) is 0 Å². The Kier molecular flexibility index (Phi) is 4.56. The number of rotatable bonds is 3. The molecule has 1 nitrogen and oxygen atoms in total. The molecule has 0 radical (unpaired) electrons. The summed E-state index contributed by atoms with van der Waals surface area (Å²) in [5.41, 5.74) is 5.09. The van der Waals surface area contributed by atoms with Crippen molar-refractivity contribution in [3.8, 4) is 0 Å². The van der Waals surface area contributed by atoms with Crippen molar-refractivity contribution < 1.29 is 0 Å². The monoisotopic (exact) mass is 129 g/mol. The predicted molar refractivity (Wildman–Crippen MR) is 40.8 cm³/mol. The van der Waals surface area contributed by atoms with Crippen LogP contribution >= 0.6 is 12.2 Å². The molecule has 0 fully saturated rings. The zero-order valence-electron chi connectivity index (χ0n) is 5.05. The lowest BCUT2D eigenvalue weighted by Crippen LogP contribution is -1.84. The van der Waals surface area contributed by atoms with Crippen LogP contribution in [0.2, 0.25) is 0 Å². The molecule has 0 spiro atoms. The Bertz CT molecular complexity index is 96.7. The van der Waals surface area contributed by atoms with Crippen LogP contribution in [0.1, 0.15) is 19.8 Å². The molecule has 0 atom stereocenters. The summed E-state index contributed by atoms with van der Waals surface area (Å²) in [6, 6.07) is 0. The van der Waals surface area contributed by atoms with Crippen molar-refractivity contribution in [3.05, 3.63) is 12.3 Å². The summed E-state index contributed by atoms with van der Waals surface area (Å²) in [6.07, 6.45) is 5.42. The fourth-order valence-corrected chi connectivity index (χ4v) is 0.501. The van der Waals surface area contributed by atoms with Gasteiger partial charge in [0, 0.05) is 0 Å². The number of hydrogen-bond donors (Lipinski definition) is 1. The Labute approximate surface area is 55.6 Å². The zero-order valence-corrected chi connectivity index (χ0v) is 5.87. The summed E-state index contributed by atoms with van der Waals surface area (Å²) < 4.78 is 0. The van der Waals surface area contributed by atoms with Gasteiger partial charge in [0.2, 0.25) is 0 Å². The number of allylic oxidation sites excluding steroid dienone is 1. The summed E-state index contributed by atoms with van der Waals surface area (Å²) in [6.45, 7) is 1.94. The van der Waals surface area contributed by atoms with Crippen LogP contribution in [0.15, 0.2) is 12.3 Å². The molecule has 0 unspecified atom stereocenters. The van der Waals surface area contributed by atoms with Crippen molar-refractivity contribution in [2.24, 2.45) is 5.73 Å². The number of nitrogens with two attached hydrogens (primary N) is 1. The largest absolute Gasteiger partial charge is 0.405 e. The lowest BCUT2D eigenvalue weighted by atomic mass is 10.2. The van der Waals surface area contributed by atoms with E-state index in [2.05, 4.69) is 0 Å². The molecule has 0 rings (SSSR count). The quantitative estimate of drug-likeness (QED) is 0.586. The maximum absolute atomic E-state index is 5.09. The number of hydrogen-bond acceptors (Lipinski definition) is 2. The van der Waals surface area contributed by atoms with Gasteiger partial charge in [0.05, 0.1) is 0 Å². The van der Waals surface area contributed by atoms with Crippen molar-refractivity contribution in [1.82, 2.24) is 0 Å². The Morgan fingerprint density at radius 1 is 1.75 bits per heavy atom. The van der Waals surface area contributed by atoms with E-state index in [1.165, 1.54) is 0 Å². The van der Waals surface area contributed by atoms with Gasteiger partial charge in [-0.3, -0.25) is 0 Å². The van der Waals surface area contributed by atoms with Crippen LogP contribution < -0.4 is 5.73 Å². The summed E-state index contributed by atoms with van der Waals surface area (Å²) in [5.74, 6) is 0. The van der Waals surface area contributed by atoms with Gasteiger partial charge in [0.1, 0.15) is 0 Å². The van der Waals surface area contributed by atoms with Crippen LogP contribution in [-0.2, 0) is 0 Å². The van der Waals surface area contributed by atoms with E-state index in [-0.39, 0.29) is 0 Å². The lowest BCUT2D eigenvalue weighted by molar-refractivity contribution is 1.10. The Morgan fingerprint density at radius 3 is 2.75 bits per heavy atom. The fraction of sp³-hybridized carbons (Fsp3) is 0.500. The highest BCUT2D eigenvalue weighted by molar-refractivity contribution is 7.80. The molecule has 0 heterocycles. The summed E-state index contributed by atoms with van der Waals surface area (Å²) >= 11 is 4.83. The first kappa shape index (κ1) is 7.63. The molecule has 8 heavy (non-hydrogen) atoms. The number of thiocarbonyl (C=S) groups is 1. The highest BCUT2D eigenvalue weighted by atomic mass is 32.1. The van der Waals surface area contributed by atoms with Gasteiger partial charge in [-0.05, 0) is 30.8 Å². The van der Waals surface area contributed by atoms with Gasteiger partial charge in [-0.25, -0.2) is 0 Å². The molecule has 2 N–H and O–H groups in total. The Hall–Kier alpha value is -0.370. The van der Waals surface area contributed by atoms with E-state index in [0.29, 0.717) is 0 Å². The molecule has 0 aliphatic rings. The van der Waals surface area contributed by atoms with Crippen molar-refractivity contribution in [2.45, 2.75) is 19.8 Å². The third kappa shape index (κ3) is 5.63. The Morgan fingerprint density at radius 2 is 2.38 bits per heavy atom. The molecular weight excluding hydrogens is 118 g/mol. The first-order chi connectivity index (χ1) is 3.77. The third-order valence-electron chi connectivity index (χ3n) is 0.799. The molecule has 0 aromatic carbocycles. The minimum Gasteiger partial charge on any atom is -0.405 e. The Balaban J connectivity index is 3.05. The van der Waals surface area contributed by atoms with Gasteiger partial charge in [-0.2, -0.15) is 0 Å². The van der Waals surface area contributed by atoms with E-state index in [0.717, 1.165) is 17.7 Å². The van der Waals surface area contributed by atoms with E-state index in [9.17, 15) is 0 Å². The average molecular weight is 129 g/mol. The van der Waals surface area contributed by atoms with E-state index in [1.54, 1.807) is 6.20 Å². The molecule has 2 heteroatoms. The van der Waals surface area contributed by atoms with E-state index < -0.39 is 0 Å². The second kappa shape index (κ2) is 4.78. The molecule has 0 aromatic heterocycles. The predicted octanol–water partition coefficient (Wildman–Crippen LogP) is 1.63. The van der Waals surface area contributed by atoms with Crippen LogP contribution in [0.4, 0.5) is 0 Å². The van der Waals surface area contributed by atoms with Crippen molar-refractivity contribution >= 4 is 17.1 Å². The average Bonchev–Trinajstić information content (AvgIpc) is 1.66. The summed E-state index contributed by atoms with van der Waals surface area (Å²) in [7, 11) is 0. The molecular formula is C6H11NS. The van der Waals surface area contributed by atoms with Crippen LogP contribution in [0.25, 0.3) is 0 Å². The summed E-state index contributed by atoms with van der Waals surface area (Å²) in [4.78, 5) is 1.04. The van der Waals surface area contributed by atoms with Gasteiger partial charge >= 0.3 is 0 Å². The van der Waals surface area contributed by atoms with Gasteiger partial charge in [-0.15, -0.1) is 0 Å². The van der Waals surface area contributed by atoms with Gasteiger partial charge in [-0.1, -0.05) is 18.3 Å². The molecule has 0 amide bonds.